The third-order valence-corrected chi connectivity index (χ3v) is 6.85. The van der Waals surface area contributed by atoms with Crippen molar-refractivity contribution < 1.29 is 35.9 Å². The number of hydrogen-bond donors (Lipinski definition) is 1. The summed E-state index contributed by atoms with van der Waals surface area (Å²) in [4.78, 5) is 23.7. The second-order valence-electron chi connectivity index (χ2n) is 6.84. The number of esters is 1. The zero-order valence-electron chi connectivity index (χ0n) is 16.2. The Bertz CT molecular complexity index is 884. The summed E-state index contributed by atoms with van der Waals surface area (Å²) in [5.41, 5.74) is -0.191. The van der Waals surface area contributed by atoms with Crippen LogP contribution in [0.15, 0.2) is 23.1 Å². The van der Waals surface area contributed by atoms with E-state index in [-0.39, 0.29) is 15.5 Å². The number of alkyl halides is 3. The Morgan fingerprint density at radius 1 is 1.20 bits per heavy atom. The van der Waals surface area contributed by atoms with Gasteiger partial charge in [-0.25, -0.2) is 13.2 Å². The summed E-state index contributed by atoms with van der Waals surface area (Å²) in [6.45, 7) is 0.217. The third-order valence-electron chi connectivity index (χ3n) is 4.47. The topological polar surface area (TPSA) is 92.8 Å². The molecule has 0 bridgehead atoms. The number of carbonyl (C=O) groups is 2. The average Bonchev–Trinajstić information content (AvgIpc) is 2.95. The molecule has 0 spiro atoms. The molecule has 1 aromatic rings. The summed E-state index contributed by atoms with van der Waals surface area (Å²) in [6.07, 6.45) is -2.86. The van der Waals surface area contributed by atoms with Gasteiger partial charge < -0.3 is 10.1 Å². The van der Waals surface area contributed by atoms with Crippen molar-refractivity contribution in [2.24, 2.45) is 0 Å². The number of ether oxygens (including phenoxy) is 1. The minimum absolute atomic E-state index is 0.0771. The quantitative estimate of drug-likeness (QED) is 0.645. The van der Waals surface area contributed by atoms with E-state index >= 15 is 0 Å². The van der Waals surface area contributed by atoms with E-state index in [1.165, 1.54) is 16.4 Å². The normalized spacial score (nSPS) is 17.1. The summed E-state index contributed by atoms with van der Waals surface area (Å²) in [5.74, 6) is -2.19. The number of benzene rings is 1. The Balaban J connectivity index is 2.15. The van der Waals surface area contributed by atoms with E-state index in [0.29, 0.717) is 25.9 Å². The number of carbonyl (C=O) groups excluding carboxylic acids is 2. The highest BCUT2D eigenvalue weighted by atomic mass is 35.5. The molecule has 1 saturated heterocycles. The summed E-state index contributed by atoms with van der Waals surface area (Å²) < 4.78 is 68.7. The van der Waals surface area contributed by atoms with Crippen LogP contribution in [0.25, 0.3) is 0 Å². The van der Waals surface area contributed by atoms with E-state index in [2.05, 4.69) is 0 Å². The first-order chi connectivity index (χ1) is 13.9. The van der Waals surface area contributed by atoms with Crippen LogP contribution in [0, 0.1) is 0 Å². The molecule has 12 heteroatoms. The highest BCUT2D eigenvalue weighted by molar-refractivity contribution is 7.89. The lowest BCUT2D eigenvalue weighted by Crippen LogP contribution is -2.40. The molecular formula is C18H22ClF3N2O5S. The number of nitrogens with zero attached hydrogens (tertiary/aromatic N) is 1. The standard InChI is InChI=1S/C18H22ClF3N2O5S/c1-12(16(25)23-11-18(20,21)22)29-17(26)13-6-7-14(19)15(10-13)30(27,28)24-8-4-2-3-5-9-24/h6-7,10,12H,2-5,8-9,11H2,1H3,(H,23,25). The first-order valence-corrected chi connectivity index (χ1v) is 11.1. The molecule has 1 aliphatic heterocycles. The van der Waals surface area contributed by atoms with Gasteiger partial charge in [0.1, 0.15) is 11.4 Å². The number of rotatable bonds is 6. The molecule has 0 aliphatic carbocycles. The summed E-state index contributed by atoms with van der Waals surface area (Å²) in [6, 6.07) is 3.48. The van der Waals surface area contributed by atoms with E-state index < -0.39 is 40.7 Å². The van der Waals surface area contributed by atoms with Crippen LogP contribution in [-0.4, -0.2) is 56.5 Å². The molecule has 0 saturated carbocycles. The zero-order chi connectivity index (χ0) is 22.5. The van der Waals surface area contributed by atoms with Crippen molar-refractivity contribution in [2.45, 2.75) is 49.8 Å². The Labute approximate surface area is 177 Å². The SMILES string of the molecule is CC(OC(=O)c1ccc(Cl)c(S(=O)(=O)N2CCCCCC2)c1)C(=O)NCC(F)(F)F. The predicted molar refractivity (Wildman–Crippen MR) is 103 cm³/mol. The van der Waals surface area contributed by atoms with E-state index in [1.807, 2.05) is 0 Å². The lowest BCUT2D eigenvalue weighted by atomic mass is 10.2. The van der Waals surface area contributed by atoms with Crippen LogP contribution in [0.1, 0.15) is 43.0 Å². The van der Waals surface area contributed by atoms with Crippen molar-refractivity contribution in [2.75, 3.05) is 19.6 Å². The van der Waals surface area contributed by atoms with Gasteiger partial charge in [0.25, 0.3) is 5.91 Å². The van der Waals surface area contributed by atoms with Gasteiger partial charge in [-0.15, -0.1) is 0 Å². The third kappa shape index (κ3) is 6.58. The summed E-state index contributed by atoms with van der Waals surface area (Å²) in [5, 5.41) is 1.53. The smallest absolute Gasteiger partial charge is 0.405 e. The minimum atomic E-state index is -4.60. The largest absolute Gasteiger partial charge is 0.449 e. The fourth-order valence-corrected chi connectivity index (χ4v) is 4.88. The molecule has 1 aromatic carbocycles. The van der Waals surface area contributed by atoms with E-state index in [1.54, 1.807) is 5.32 Å². The van der Waals surface area contributed by atoms with E-state index in [4.69, 9.17) is 16.3 Å². The molecule has 30 heavy (non-hydrogen) atoms. The zero-order valence-corrected chi connectivity index (χ0v) is 17.7. The molecule has 1 aliphatic rings. The number of hydrogen-bond acceptors (Lipinski definition) is 5. The highest BCUT2D eigenvalue weighted by Crippen LogP contribution is 2.28. The maximum absolute atomic E-state index is 13.0. The molecule has 1 unspecified atom stereocenters. The van der Waals surface area contributed by atoms with Crippen molar-refractivity contribution in [3.8, 4) is 0 Å². The van der Waals surface area contributed by atoms with E-state index in [9.17, 15) is 31.2 Å². The molecule has 0 aromatic heterocycles. The second kappa shape index (κ2) is 9.97. The van der Waals surface area contributed by atoms with E-state index in [0.717, 1.165) is 25.8 Å². The Morgan fingerprint density at radius 3 is 2.37 bits per heavy atom. The molecule has 1 fully saturated rings. The Hall–Kier alpha value is -1.85. The van der Waals surface area contributed by atoms with Gasteiger partial charge in [0.15, 0.2) is 6.10 Å². The monoisotopic (exact) mass is 470 g/mol. The van der Waals surface area contributed by atoms with Crippen LogP contribution < -0.4 is 5.32 Å². The molecular weight excluding hydrogens is 449 g/mol. The fraction of sp³-hybridized carbons (Fsp3) is 0.556. The van der Waals surface area contributed by atoms with Crippen LogP contribution in [0.5, 0.6) is 0 Å². The van der Waals surface area contributed by atoms with Crippen molar-refractivity contribution in [3.63, 3.8) is 0 Å². The molecule has 1 N–H and O–H groups in total. The molecule has 0 radical (unpaired) electrons. The fourth-order valence-electron chi connectivity index (χ4n) is 2.86. The first-order valence-electron chi connectivity index (χ1n) is 9.27. The molecule has 1 heterocycles. The van der Waals surface area contributed by atoms with Gasteiger partial charge in [0.05, 0.1) is 10.6 Å². The van der Waals surface area contributed by atoms with Crippen LogP contribution in [0.3, 0.4) is 0 Å². The van der Waals surface area contributed by atoms with Gasteiger partial charge in [-0.3, -0.25) is 4.79 Å². The highest BCUT2D eigenvalue weighted by Gasteiger charge is 2.31. The number of nitrogens with one attached hydrogen (secondary N) is 1. The average molecular weight is 471 g/mol. The Morgan fingerprint density at radius 2 is 1.80 bits per heavy atom. The maximum Gasteiger partial charge on any atom is 0.405 e. The second-order valence-corrected chi connectivity index (χ2v) is 9.16. The number of halogens is 4. The minimum Gasteiger partial charge on any atom is -0.449 e. The lowest BCUT2D eigenvalue weighted by Gasteiger charge is -2.21. The molecule has 1 amide bonds. The molecule has 1 atom stereocenters. The van der Waals surface area contributed by atoms with Crippen molar-refractivity contribution in [1.29, 1.82) is 0 Å². The van der Waals surface area contributed by atoms with Crippen LogP contribution in [-0.2, 0) is 19.6 Å². The van der Waals surface area contributed by atoms with Gasteiger partial charge in [0, 0.05) is 13.1 Å². The van der Waals surface area contributed by atoms with Gasteiger partial charge in [-0.05, 0) is 38.0 Å². The molecule has 2 rings (SSSR count). The van der Waals surface area contributed by atoms with Crippen LogP contribution >= 0.6 is 11.6 Å². The molecule has 7 nitrogen and oxygen atoms in total. The number of sulfonamides is 1. The number of amides is 1. The van der Waals surface area contributed by atoms with Crippen LogP contribution in [0.4, 0.5) is 13.2 Å². The molecule has 168 valence electrons. The van der Waals surface area contributed by atoms with Crippen molar-refractivity contribution in [3.05, 3.63) is 28.8 Å². The van der Waals surface area contributed by atoms with Crippen LogP contribution in [0.2, 0.25) is 5.02 Å². The predicted octanol–water partition coefficient (Wildman–Crippen LogP) is 3.13. The lowest BCUT2D eigenvalue weighted by molar-refractivity contribution is -0.143. The van der Waals surface area contributed by atoms with Gasteiger partial charge in [0.2, 0.25) is 10.0 Å². The van der Waals surface area contributed by atoms with Gasteiger partial charge >= 0.3 is 12.1 Å². The maximum atomic E-state index is 13.0. The van der Waals surface area contributed by atoms with Crippen molar-refractivity contribution >= 4 is 33.5 Å². The van der Waals surface area contributed by atoms with Crippen molar-refractivity contribution in [1.82, 2.24) is 9.62 Å². The first kappa shape index (κ1) is 24.4. The summed E-state index contributed by atoms with van der Waals surface area (Å²) >= 11 is 6.06. The Kier molecular flexibility index (Phi) is 8.12. The van der Waals surface area contributed by atoms with Gasteiger partial charge in [-0.1, -0.05) is 24.4 Å². The summed E-state index contributed by atoms with van der Waals surface area (Å²) in [7, 11) is -3.95. The van der Waals surface area contributed by atoms with Gasteiger partial charge in [-0.2, -0.15) is 17.5 Å².